The highest BCUT2D eigenvalue weighted by molar-refractivity contribution is 9.10. The number of amides is 1. The second-order valence-electron chi connectivity index (χ2n) is 6.80. The van der Waals surface area contributed by atoms with E-state index in [0.717, 1.165) is 10.0 Å². The predicted octanol–water partition coefficient (Wildman–Crippen LogP) is 5.54. The second kappa shape index (κ2) is 9.32. The monoisotopic (exact) mass is 496 g/mol. The summed E-state index contributed by atoms with van der Waals surface area (Å²) in [5.41, 5.74) is 1.28. The minimum absolute atomic E-state index is 0.274. The average molecular weight is 498 g/mol. The highest BCUT2D eigenvalue weighted by atomic mass is 79.9. The molecule has 0 saturated heterocycles. The molecule has 0 bridgehead atoms. The van der Waals surface area contributed by atoms with Crippen LogP contribution in [-0.2, 0) is 7.05 Å². The van der Waals surface area contributed by atoms with Gasteiger partial charge in [-0.05, 0) is 42.0 Å². The predicted molar refractivity (Wildman–Crippen MR) is 122 cm³/mol. The summed E-state index contributed by atoms with van der Waals surface area (Å²) < 4.78 is 8.51. The zero-order valence-corrected chi connectivity index (χ0v) is 18.8. The SMILES string of the molecule is Cn1ccnc1[C@H](NC(=O)c1ccc(Oc2cccc(Br)c2)nc1)c1ccc(Cl)cc1. The maximum absolute atomic E-state index is 13.0. The maximum atomic E-state index is 13.0. The first kappa shape index (κ1) is 21.1. The first-order chi connectivity index (χ1) is 15.0. The van der Waals surface area contributed by atoms with Crippen LogP contribution in [0.25, 0.3) is 0 Å². The quantitative estimate of drug-likeness (QED) is 0.380. The van der Waals surface area contributed by atoms with Gasteiger partial charge in [0.25, 0.3) is 5.91 Å². The molecule has 0 spiro atoms. The average Bonchev–Trinajstić information content (AvgIpc) is 3.19. The van der Waals surface area contributed by atoms with Crippen LogP contribution in [0.5, 0.6) is 11.6 Å². The number of halogens is 2. The van der Waals surface area contributed by atoms with Gasteiger partial charge in [0.2, 0.25) is 5.88 Å². The molecule has 2 aromatic carbocycles. The summed E-state index contributed by atoms with van der Waals surface area (Å²) in [7, 11) is 1.88. The highest BCUT2D eigenvalue weighted by Crippen LogP contribution is 2.25. The van der Waals surface area contributed by atoms with Gasteiger partial charge in [0, 0.05) is 41.2 Å². The van der Waals surface area contributed by atoms with E-state index >= 15 is 0 Å². The zero-order valence-electron chi connectivity index (χ0n) is 16.5. The van der Waals surface area contributed by atoms with Crippen LogP contribution in [-0.4, -0.2) is 20.4 Å². The minimum atomic E-state index is -0.442. The molecule has 0 fully saturated rings. The lowest BCUT2D eigenvalue weighted by atomic mass is 10.1. The molecule has 156 valence electrons. The molecule has 0 unspecified atom stereocenters. The molecule has 2 aromatic heterocycles. The Bertz CT molecular complexity index is 1190. The lowest BCUT2D eigenvalue weighted by Gasteiger charge is -2.19. The Morgan fingerprint density at radius 3 is 2.58 bits per heavy atom. The fourth-order valence-corrected chi connectivity index (χ4v) is 3.55. The number of imidazole rings is 1. The molecule has 0 aliphatic carbocycles. The number of rotatable bonds is 6. The minimum Gasteiger partial charge on any atom is -0.439 e. The number of pyridine rings is 1. The number of benzene rings is 2. The molecule has 1 atom stereocenters. The third kappa shape index (κ3) is 5.13. The Morgan fingerprint density at radius 1 is 1.13 bits per heavy atom. The maximum Gasteiger partial charge on any atom is 0.253 e. The van der Waals surface area contributed by atoms with Crippen LogP contribution >= 0.6 is 27.5 Å². The van der Waals surface area contributed by atoms with Crippen LogP contribution in [0, 0.1) is 0 Å². The fraction of sp³-hybridized carbons (Fsp3) is 0.0870. The summed E-state index contributed by atoms with van der Waals surface area (Å²) in [6.45, 7) is 0. The lowest BCUT2D eigenvalue weighted by Crippen LogP contribution is -2.31. The van der Waals surface area contributed by atoms with Crippen LogP contribution in [0.1, 0.15) is 27.8 Å². The number of hydrogen-bond acceptors (Lipinski definition) is 4. The summed E-state index contributed by atoms with van der Waals surface area (Å²) >= 11 is 9.43. The van der Waals surface area contributed by atoms with Gasteiger partial charge in [-0.3, -0.25) is 4.79 Å². The van der Waals surface area contributed by atoms with Crippen LogP contribution in [0.15, 0.2) is 83.7 Å². The van der Waals surface area contributed by atoms with Crippen molar-refractivity contribution in [3.63, 3.8) is 0 Å². The molecular weight excluding hydrogens is 480 g/mol. The highest BCUT2D eigenvalue weighted by Gasteiger charge is 2.21. The Labute approximate surface area is 193 Å². The van der Waals surface area contributed by atoms with Gasteiger partial charge >= 0.3 is 0 Å². The van der Waals surface area contributed by atoms with Crippen molar-refractivity contribution in [2.24, 2.45) is 7.05 Å². The fourth-order valence-electron chi connectivity index (χ4n) is 3.05. The number of carbonyl (C=O) groups is 1. The van der Waals surface area contributed by atoms with Crippen molar-refractivity contribution in [3.05, 3.63) is 106 Å². The first-order valence-electron chi connectivity index (χ1n) is 9.42. The molecule has 31 heavy (non-hydrogen) atoms. The number of carbonyl (C=O) groups excluding carboxylic acids is 1. The topological polar surface area (TPSA) is 69.0 Å². The van der Waals surface area contributed by atoms with Crippen LogP contribution in [0.3, 0.4) is 0 Å². The Balaban J connectivity index is 1.53. The number of nitrogens with one attached hydrogen (secondary N) is 1. The molecule has 1 amide bonds. The normalized spacial score (nSPS) is 11.7. The summed E-state index contributed by atoms with van der Waals surface area (Å²) in [6, 6.07) is 17.7. The van der Waals surface area contributed by atoms with Gasteiger partial charge in [0.1, 0.15) is 17.6 Å². The van der Waals surface area contributed by atoms with Crippen molar-refractivity contribution in [1.29, 1.82) is 0 Å². The molecule has 6 nitrogen and oxygen atoms in total. The van der Waals surface area contributed by atoms with Gasteiger partial charge in [-0.2, -0.15) is 0 Å². The summed E-state index contributed by atoms with van der Waals surface area (Å²) in [4.78, 5) is 21.6. The molecule has 0 radical (unpaired) electrons. The number of nitrogens with zero attached hydrogens (tertiary/aromatic N) is 3. The Hall–Kier alpha value is -3.16. The number of ether oxygens (including phenoxy) is 1. The Morgan fingerprint density at radius 2 is 1.94 bits per heavy atom. The van der Waals surface area contributed by atoms with Crippen LogP contribution < -0.4 is 10.1 Å². The molecule has 8 heteroatoms. The van der Waals surface area contributed by atoms with Crippen molar-refractivity contribution >= 4 is 33.4 Å². The smallest absolute Gasteiger partial charge is 0.253 e. The van der Waals surface area contributed by atoms with E-state index in [4.69, 9.17) is 16.3 Å². The van der Waals surface area contributed by atoms with Gasteiger partial charge < -0.3 is 14.6 Å². The van der Waals surface area contributed by atoms with Crippen molar-refractivity contribution in [1.82, 2.24) is 19.9 Å². The van der Waals surface area contributed by atoms with Crippen LogP contribution in [0.4, 0.5) is 0 Å². The molecule has 0 saturated carbocycles. The number of aryl methyl sites for hydroxylation is 1. The molecule has 0 aliphatic heterocycles. The van der Waals surface area contributed by atoms with E-state index in [0.29, 0.717) is 28.0 Å². The Kier molecular flexibility index (Phi) is 6.34. The van der Waals surface area contributed by atoms with Gasteiger partial charge in [-0.25, -0.2) is 9.97 Å². The van der Waals surface area contributed by atoms with Crippen molar-refractivity contribution in [2.45, 2.75) is 6.04 Å². The number of hydrogen-bond donors (Lipinski definition) is 1. The van der Waals surface area contributed by atoms with Gasteiger partial charge in [-0.1, -0.05) is 45.7 Å². The molecule has 2 heterocycles. The van der Waals surface area contributed by atoms with E-state index in [-0.39, 0.29) is 5.91 Å². The number of aromatic nitrogens is 3. The van der Waals surface area contributed by atoms with Gasteiger partial charge in [0.15, 0.2) is 0 Å². The van der Waals surface area contributed by atoms with E-state index in [1.165, 1.54) is 6.20 Å². The van der Waals surface area contributed by atoms with E-state index in [2.05, 4.69) is 31.2 Å². The zero-order chi connectivity index (χ0) is 21.8. The second-order valence-corrected chi connectivity index (χ2v) is 8.15. The van der Waals surface area contributed by atoms with Crippen molar-refractivity contribution < 1.29 is 9.53 Å². The summed E-state index contributed by atoms with van der Waals surface area (Å²) in [5.74, 6) is 1.48. The third-order valence-corrected chi connectivity index (χ3v) is 5.36. The molecule has 4 aromatic rings. The largest absolute Gasteiger partial charge is 0.439 e. The van der Waals surface area contributed by atoms with Crippen molar-refractivity contribution in [2.75, 3.05) is 0 Å². The molecule has 1 N–H and O–H groups in total. The van der Waals surface area contributed by atoms with E-state index in [1.54, 1.807) is 30.5 Å². The van der Waals surface area contributed by atoms with E-state index < -0.39 is 6.04 Å². The van der Waals surface area contributed by atoms with Crippen molar-refractivity contribution in [3.8, 4) is 11.6 Å². The molecular formula is C23H18BrClN4O2. The molecule has 0 aliphatic rings. The van der Waals surface area contributed by atoms with Gasteiger partial charge in [0.05, 0.1) is 5.56 Å². The third-order valence-electron chi connectivity index (χ3n) is 4.61. The summed E-state index contributed by atoms with van der Waals surface area (Å²) in [6.07, 6.45) is 5.01. The van der Waals surface area contributed by atoms with Gasteiger partial charge in [-0.15, -0.1) is 0 Å². The first-order valence-corrected chi connectivity index (χ1v) is 10.6. The standard InChI is InChI=1S/C23H18BrClN4O2/c1-29-12-11-26-22(29)21(15-5-8-18(25)9-6-15)28-23(30)16-7-10-20(27-14-16)31-19-4-2-3-17(24)13-19/h2-14,21H,1H3,(H,28,30)/t21-/m1/s1. The summed E-state index contributed by atoms with van der Waals surface area (Å²) in [5, 5.41) is 3.66. The molecule has 4 rings (SSSR count). The van der Waals surface area contributed by atoms with Crippen LogP contribution in [0.2, 0.25) is 5.02 Å². The van der Waals surface area contributed by atoms with E-state index in [9.17, 15) is 4.79 Å². The lowest BCUT2D eigenvalue weighted by molar-refractivity contribution is 0.0940. The van der Waals surface area contributed by atoms with E-state index in [1.807, 2.05) is 54.2 Å².